The van der Waals surface area contributed by atoms with Gasteiger partial charge in [-0.25, -0.2) is 0 Å². The van der Waals surface area contributed by atoms with Crippen LogP contribution in [0.2, 0.25) is 0 Å². The van der Waals surface area contributed by atoms with Crippen LogP contribution >= 0.6 is 15.9 Å². The molecule has 0 saturated heterocycles. The summed E-state index contributed by atoms with van der Waals surface area (Å²) in [7, 11) is 1.64. The third-order valence-electron chi connectivity index (χ3n) is 3.49. The third kappa shape index (κ3) is 3.05. The number of halogens is 1. The standard InChI is InChI=1S/C14H18BrNO2/c1-18-12-5-3-11(4-6-12)9-13(17)16-14(10-15)7-2-8-14/h3-6H,2,7-10H2,1H3,(H,16,17). The molecule has 1 aliphatic rings. The van der Waals surface area contributed by atoms with Crippen molar-refractivity contribution in [2.75, 3.05) is 12.4 Å². The van der Waals surface area contributed by atoms with E-state index in [1.807, 2.05) is 24.3 Å². The van der Waals surface area contributed by atoms with E-state index in [9.17, 15) is 4.79 Å². The Balaban J connectivity index is 1.90. The van der Waals surface area contributed by atoms with E-state index in [0.29, 0.717) is 6.42 Å². The van der Waals surface area contributed by atoms with E-state index < -0.39 is 0 Å². The van der Waals surface area contributed by atoms with E-state index in [2.05, 4.69) is 21.2 Å². The Bertz CT molecular complexity index is 407. The predicted octanol–water partition coefficient (Wildman–Crippen LogP) is 2.67. The van der Waals surface area contributed by atoms with Crippen LogP contribution in [-0.2, 0) is 11.2 Å². The van der Waals surface area contributed by atoms with Crippen molar-refractivity contribution >= 4 is 21.8 Å². The zero-order valence-electron chi connectivity index (χ0n) is 10.5. The van der Waals surface area contributed by atoms with Gasteiger partial charge in [-0.3, -0.25) is 4.79 Å². The van der Waals surface area contributed by atoms with Crippen molar-refractivity contribution in [1.82, 2.24) is 5.32 Å². The summed E-state index contributed by atoms with van der Waals surface area (Å²) < 4.78 is 5.09. The normalized spacial score (nSPS) is 16.8. The van der Waals surface area contributed by atoms with Crippen molar-refractivity contribution in [2.24, 2.45) is 0 Å². The molecule has 1 saturated carbocycles. The van der Waals surface area contributed by atoms with Crippen molar-refractivity contribution in [3.63, 3.8) is 0 Å². The number of nitrogens with one attached hydrogen (secondary N) is 1. The van der Waals surface area contributed by atoms with Crippen molar-refractivity contribution in [3.8, 4) is 5.75 Å². The monoisotopic (exact) mass is 311 g/mol. The summed E-state index contributed by atoms with van der Waals surface area (Å²) in [6, 6.07) is 7.62. The van der Waals surface area contributed by atoms with Gasteiger partial charge in [0.1, 0.15) is 5.75 Å². The lowest BCUT2D eigenvalue weighted by atomic mass is 9.78. The van der Waals surface area contributed by atoms with Gasteiger partial charge in [0.15, 0.2) is 0 Å². The summed E-state index contributed by atoms with van der Waals surface area (Å²) in [6.45, 7) is 0. The van der Waals surface area contributed by atoms with Crippen LogP contribution in [0, 0.1) is 0 Å². The molecular weight excluding hydrogens is 294 g/mol. The Morgan fingerprint density at radius 3 is 2.50 bits per heavy atom. The highest BCUT2D eigenvalue weighted by Gasteiger charge is 2.36. The quantitative estimate of drug-likeness (QED) is 0.849. The molecule has 1 fully saturated rings. The Morgan fingerprint density at radius 2 is 2.06 bits per heavy atom. The van der Waals surface area contributed by atoms with Crippen molar-refractivity contribution in [1.29, 1.82) is 0 Å². The number of rotatable bonds is 5. The molecule has 98 valence electrons. The Kier molecular flexibility index (Phi) is 4.27. The summed E-state index contributed by atoms with van der Waals surface area (Å²) in [4.78, 5) is 12.0. The van der Waals surface area contributed by atoms with Crippen LogP contribution in [-0.4, -0.2) is 23.9 Å². The zero-order valence-corrected chi connectivity index (χ0v) is 12.1. The lowest BCUT2D eigenvalue weighted by Crippen LogP contribution is -2.55. The van der Waals surface area contributed by atoms with Gasteiger partial charge in [-0.15, -0.1) is 0 Å². The van der Waals surface area contributed by atoms with Gasteiger partial charge in [0.2, 0.25) is 5.91 Å². The zero-order chi connectivity index (χ0) is 13.0. The fourth-order valence-electron chi connectivity index (χ4n) is 2.16. The number of carbonyl (C=O) groups is 1. The Labute approximate surface area is 116 Å². The first-order valence-electron chi connectivity index (χ1n) is 6.17. The molecule has 2 rings (SSSR count). The van der Waals surface area contributed by atoms with E-state index in [1.54, 1.807) is 7.11 Å². The van der Waals surface area contributed by atoms with E-state index in [0.717, 1.165) is 29.5 Å². The van der Waals surface area contributed by atoms with Gasteiger partial charge in [0, 0.05) is 10.9 Å². The maximum atomic E-state index is 12.0. The van der Waals surface area contributed by atoms with E-state index in [-0.39, 0.29) is 11.4 Å². The van der Waals surface area contributed by atoms with Crippen LogP contribution in [0.4, 0.5) is 0 Å². The Hall–Kier alpha value is -1.03. The number of methoxy groups -OCH3 is 1. The lowest BCUT2D eigenvalue weighted by Gasteiger charge is -2.41. The molecule has 0 aromatic heterocycles. The molecule has 1 amide bonds. The predicted molar refractivity (Wildman–Crippen MR) is 75.2 cm³/mol. The summed E-state index contributed by atoms with van der Waals surface area (Å²) in [5, 5.41) is 3.98. The number of amides is 1. The van der Waals surface area contributed by atoms with Crippen molar-refractivity contribution < 1.29 is 9.53 Å². The number of hydrogen-bond donors (Lipinski definition) is 1. The molecule has 0 bridgehead atoms. The molecule has 0 radical (unpaired) electrons. The maximum Gasteiger partial charge on any atom is 0.224 e. The minimum Gasteiger partial charge on any atom is -0.497 e. The van der Waals surface area contributed by atoms with E-state index in [4.69, 9.17) is 4.74 Å². The molecule has 1 N–H and O–H groups in total. The first-order valence-corrected chi connectivity index (χ1v) is 7.29. The average molecular weight is 312 g/mol. The minimum atomic E-state index is 0.00353. The van der Waals surface area contributed by atoms with Gasteiger partial charge in [-0.2, -0.15) is 0 Å². The van der Waals surface area contributed by atoms with Gasteiger partial charge in [0.05, 0.1) is 13.5 Å². The smallest absolute Gasteiger partial charge is 0.224 e. The highest BCUT2D eigenvalue weighted by molar-refractivity contribution is 9.09. The van der Waals surface area contributed by atoms with Crippen LogP contribution in [0.3, 0.4) is 0 Å². The van der Waals surface area contributed by atoms with Gasteiger partial charge in [-0.1, -0.05) is 28.1 Å². The van der Waals surface area contributed by atoms with E-state index >= 15 is 0 Å². The fraction of sp³-hybridized carbons (Fsp3) is 0.500. The summed E-state index contributed by atoms with van der Waals surface area (Å²) in [5.41, 5.74) is 1.01. The summed E-state index contributed by atoms with van der Waals surface area (Å²) in [6.07, 6.45) is 3.78. The maximum absolute atomic E-state index is 12.0. The van der Waals surface area contributed by atoms with Gasteiger partial charge in [-0.05, 0) is 37.0 Å². The molecule has 4 heteroatoms. The molecule has 0 spiro atoms. The van der Waals surface area contributed by atoms with Crippen molar-refractivity contribution in [2.45, 2.75) is 31.2 Å². The number of carbonyl (C=O) groups excluding carboxylic acids is 1. The number of hydrogen-bond acceptors (Lipinski definition) is 2. The number of alkyl halides is 1. The summed E-state index contributed by atoms with van der Waals surface area (Å²) in [5.74, 6) is 0.911. The first-order chi connectivity index (χ1) is 8.67. The average Bonchev–Trinajstić information content (AvgIpc) is 2.35. The molecule has 1 aliphatic carbocycles. The SMILES string of the molecule is COc1ccc(CC(=O)NC2(CBr)CCC2)cc1. The molecule has 1 aromatic carbocycles. The second-order valence-corrected chi connectivity index (χ2v) is 5.40. The van der Waals surface area contributed by atoms with Crippen molar-refractivity contribution in [3.05, 3.63) is 29.8 Å². The Morgan fingerprint density at radius 1 is 1.39 bits per heavy atom. The highest BCUT2D eigenvalue weighted by atomic mass is 79.9. The largest absolute Gasteiger partial charge is 0.497 e. The lowest BCUT2D eigenvalue weighted by molar-refractivity contribution is -0.123. The van der Waals surface area contributed by atoms with Crippen LogP contribution < -0.4 is 10.1 Å². The number of benzene rings is 1. The third-order valence-corrected chi connectivity index (χ3v) is 4.57. The van der Waals surface area contributed by atoms with E-state index in [1.165, 1.54) is 6.42 Å². The molecule has 3 nitrogen and oxygen atoms in total. The van der Waals surface area contributed by atoms with Crippen LogP contribution in [0.5, 0.6) is 5.75 Å². The number of ether oxygens (including phenoxy) is 1. The summed E-state index contributed by atoms with van der Waals surface area (Å²) >= 11 is 3.48. The highest BCUT2D eigenvalue weighted by Crippen LogP contribution is 2.33. The topological polar surface area (TPSA) is 38.3 Å². The molecule has 0 atom stereocenters. The molecule has 0 unspecified atom stereocenters. The minimum absolute atomic E-state index is 0.00353. The molecule has 1 aromatic rings. The molecule has 18 heavy (non-hydrogen) atoms. The first kappa shape index (κ1) is 13.4. The second-order valence-electron chi connectivity index (χ2n) is 4.84. The van der Waals surface area contributed by atoms with Gasteiger partial charge in [0.25, 0.3) is 0 Å². The fourth-order valence-corrected chi connectivity index (χ4v) is 2.87. The second kappa shape index (κ2) is 5.74. The molecule has 0 heterocycles. The van der Waals surface area contributed by atoms with Gasteiger partial charge >= 0.3 is 0 Å². The van der Waals surface area contributed by atoms with Crippen LogP contribution in [0.1, 0.15) is 24.8 Å². The molecular formula is C14H18BrNO2. The van der Waals surface area contributed by atoms with Crippen LogP contribution in [0.25, 0.3) is 0 Å². The molecule has 0 aliphatic heterocycles. The van der Waals surface area contributed by atoms with Crippen LogP contribution in [0.15, 0.2) is 24.3 Å². The van der Waals surface area contributed by atoms with Gasteiger partial charge < -0.3 is 10.1 Å².